The van der Waals surface area contributed by atoms with Gasteiger partial charge in [-0.1, -0.05) is 47.2 Å². The van der Waals surface area contributed by atoms with E-state index in [2.05, 4.69) is 16.4 Å². The van der Waals surface area contributed by atoms with Gasteiger partial charge in [0, 0.05) is 17.3 Å². The molecule has 132 valence electrons. The van der Waals surface area contributed by atoms with Gasteiger partial charge in [-0.05, 0) is 42.7 Å². The first kappa shape index (κ1) is 16.9. The lowest BCUT2D eigenvalue weighted by molar-refractivity contribution is 0.256. The second kappa shape index (κ2) is 7.35. The Hall–Kier alpha value is -2.57. The summed E-state index contributed by atoms with van der Waals surface area (Å²) >= 11 is 7.23. The third-order valence-corrected chi connectivity index (χ3v) is 5.09. The normalized spacial score (nSPS) is 13.2. The minimum absolute atomic E-state index is 0.180. The molecule has 0 aliphatic carbocycles. The zero-order valence-electron chi connectivity index (χ0n) is 13.8. The van der Waals surface area contributed by atoms with Gasteiger partial charge in [-0.25, -0.2) is 9.78 Å². The van der Waals surface area contributed by atoms with E-state index < -0.39 is 0 Å². The first-order valence-electron chi connectivity index (χ1n) is 8.25. The quantitative estimate of drug-likeness (QED) is 0.640. The maximum absolute atomic E-state index is 12.7. The fourth-order valence-corrected chi connectivity index (χ4v) is 3.77. The van der Waals surface area contributed by atoms with Crippen molar-refractivity contribution in [1.29, 1.82) is 0 Å². The van der Waals surface area contributed by atoms with E-state index in [4.69, 9.17) is 16.3 Å². The molecule has 0 spiro atoms. The lowest BCUT2D eigenvalue weighted by Gasteiger charge is -2.29. The highest BCUT2D eigenvalue weighted by molar-refractivity contribution is 7.17. The second-order valence-corrected chi connectivity index (χ2v) is 7.29. The summed E-state index contributed by atoms with van der Waals surface area (Å²) in [6.45, 7) is 0.695. The molecule has 0 bridgehead atoms. The zero-order valence-corrected chi connectivity index (χ0v) is 15.4. The number of benzene rings is 2. The first-order chi connectivity index (χ1) is 12.7. The monoisotopic (exact) mass is 385 g/mol. The number of ether oxygens (including phenoxy) is 1. The highest BCUT2D eigenvalue weighted by atomic mass is 35.5. The molecule has 1 aliphatic heterocycles. The summed E-state index contributed by atoms with van der Waals surface area (Å²) in [4.78, 5) is 18.7. The van der Waals surface area contributed by atoms with E-state index in [1.165, 1.54) is 16.9 Å². The average molecular weight is 386 g/mol. The van der Waals surface area contributed by atoms with Crippen LogP contribution in [0.2, 0.25) is 5.02 Å². The van der Waals surface area contributed by atoms with Crippen LogP contribution in [0.25, 0.3) is 0 Å². The maximum atomic E-state index is 12.7. The molecule has 0 unspecified atom stereocenters. The van der Waals surface area contributed by atoms with Gasteiger partial charge in [0.2, 0.25) is 5.06 Å². The fraction of sp³-hybridized carbons (Fsp3) is 0.158. The van der Waals surface area contributed by atoms with Crippen LogP contribution in [0.15, 0.2) is 54.7 Å². The van der Waals surface area contributed by atoms with E-state index in [9.17, 15) is 4.79 Å². The van der Waals surface area contributed by atoms with Crippen LogP contribution in [0.5, 0.6) is 10.8 Å². The number of halogens is 1. The van der Waals surface area contributed by atoms with Crippen molar-refractivity contribution in [3.05, 3.63) is 65.3 Å². The van der Waals surface area contributed by atoms with E-state index in [-0.39, 0.29) is 6.03 Å². The van der Waals surface area contributed by atoms with Crippen molar-refractivity contribution in [1.82, 2.24) is 4.98 Å². The molecular weight excluding hydrogens is 370 g/mol. The number of anilines is 2. The van der Waals surface area contributed by atoms with Crippen LogP contribution in [-0.2, 0) is 6.42 Å². The summed E-state index contributed by atoms with van der Waals surface area (Å²) in [5, 5.41) is 4.54. The van der Waals surface area contributed by atoms with Crippen molar-refractivity contribution < 1.29 is 9.53 Å². The molecule has 0 radical (unpaired) electrons. The Morgan fingerprint density at radius 3 is 3.00 bits per heavy atom. The number of hydrogen-bond donors (Lipinski definition) is 1. The maximum Gasteiger partial charge on any atom is 0.328 e. The smallest absolute Gasteiger partial charge is 0.328 e. The molecule has 1 aliphatic rings. The summed E-state index contributed by atoms with van der Waals surface area (Å²) in [6, 6.07) is 14.9. The van der Waals surface area contributed by atoms with E-state index >= 15 is 0 Å². The van der Waals surface area contributed by atoms with Crippen molar-refractivity contribution in [2.24, 2.45) is 0 Å². The number of carbonyl (C=O) groups is 1. The molecule has 0 saturated carbocycles. The average Bonchev–Trinajstić information content (AvgIpc) is 3.08. The number of para-hydroxylation sites is 1. The van der Waals surface area contributed by atoms with Gasteiger partial charge < -0.3 is 4.74 Å². The minimum atomic E-state index is -0.180. The highest BCUT2D eigenvalue weighted by Gasteiger charge is 2.22. The predicted molar refractivity (Wildman–Crippen MR) is 105 cm³/mol. The summed E-state index contributed by atoms with van der Waals surface area (Å²) in [5.41, 5.74) is 2.15. The van der Waals surface area contributed by atoms with Gasteiger partial charge in [0.1, 0.15) is 5.75 Å². The van der Waals surface area contributed by atoms with Crippen molar-refractivity contribution in [3.63, 3.8) is 0 Å². The summed E-state index contributed by atoms with van der Waals surface area (Å²) in [5.74, 6) is 0.629. The number of thiazole rings is 1. The number of carbonyl (C=O) groups excluding carboxylic acids is 1. The number of hydrogen-bond acceptors (Lipinski definition) is 4. The van der Waals surface area contributed by atoms with Crippen LogP contribution in [0.4, 0.5) is 15.6 Å². The van der Waals surface area contributed by atoms with Crippen LogP contribution >= 0.6 is 22.9 Å². The molecule has 4 rings (SSSR count). The fourth-order valence-electron chi connectivity index (χ4n) is 2.91. The molecule has 2 heterocycles. The van der Waals surface area contributed by atoms with Crippen molar-refractivity contribution >= 4 is 39.8 Å². The number of nitrogens with zero attached hydrogens (tertiary/aromatic N) is 2. The van der Waals surface area contributed by atoms with Gasteiger partial charge in [0.05, 0.1) is 6.20 Å². The van der Waals surface area contributed by atoms with E-state index in [0.29, 0.717) is 27.5 Å². The van der Waals surface area contributed by atoms with Gasteiger partial charge in [-0.3, -0.25) is 10.2 Å². The summed E-state index contributed by atoms with van der Waals surface area (Å²) < 4.78 is 5.73. The van der Waals surface area contributed by atoms with Gasteiger partial charge in [-0.2, -0.15) is 0 Å². The van der Waals surface area contributed by atoms with Gasteiger partial charge in [-0.15, -0.1) is 0 Å². The summed E-state index contributed by atoms with van der Waals surface area (Å²) in [7, 11) is 0. The molecule has 1 aromatic heterocycles. The molecule has 0 saturated heterocycles. The predicted octanol–water partition coefficient (Wildman–Crippen LogP) is 5.57. The third-order valence-electron chi connectivity index (χ3n) is 4.07. The van der Waals surface area contributed by atoms with E-state index in [0.717, 1.165) is 18.5 Å². The summed E-state index contributed by atoms with van der Waals surface area (Å²) in [6.07, 6.45) is 3.53. The molecule has 26 heavy (non-hydrogen) atoms. The molecule has 2 aromatic carbocycles. The molecule has 2 amide bonds. The van der Waals surface area contributed by atoms with Crippen LogP contribution in [0, 0.1) is 0 Å². The molecule has 5 nitrogen and oxygen atoms in total. The highest BCUT2D eigenvalue weighted by Crippen LogP contribution is 2.32. The van der Waals surface area contributed by atoms with Crippen LogP contribution in [0.1, 0.15) is 12.0 Å². The largest absolute Gasteiger partial charge is 0.445 e. The Kier molecular flexibility index (Phi) is 4.77. The van der Waals surface area contributed by atoms with Crippen molar-refractivity contribution in [3.8, 4) is 10.8 Å². The first-order valence-corrected chi connectivity index (χ1v) is 9.44. The second-order valence-electron chi connectivity index (χ2n) is 5.86. The Labute approximate surface area is 160 Å². The number of aromatic nitrogens is 1. The molecule has 1 N–H and O–H groups in total. The number of nitrogens with one attached hydrogen (secondary N) is 1. The number of aryl methyl sites for hydroxylation is 1. The van der Waals surface area contributed by atoms with Gasteiger partial charge in [0.25, 0.3) is 0 Å². The van der Waals surface area contributed by atoms with Crippen LogP contribution in [-0.4, -0.2) is 17.6 Å². The van der Waals surface area contributed by atoms with E-state index in [1.807, 2.05) is 30.3 Å². The Balaban J connectivity index is 1.45. The Bertz CT molecular complexity index is 944. The number of amides is 2. The third kappa shape index (κ3) is 3.66. The van der Waals surface area contributed by atoms with Crippen LogP contribution in [0.3, 0.4) is 0 Å². The SMILES string of the molecule is O=C(Nc1ncc(Oc2cccc(Cl)c2)s1)N1CCCc2ccccc21. The molecule has 0 atom stereocenters. The van der Waals surface area contributed by atoms with E-state index in [1.54, 1.807) is 23.2 Å². The molecule has 3 aromatic rings. The number of urea groups is 1. The standard InChI is InChI=1S/C19H16ClN3O2S/c20-14-7-3-8-15(11-14)25-17-12-21-18(26-17)22-19(24)23-10-4-6-13-5-1-2-9-16(13)23/h1-3,5,7-9,11-12H,4,6,10H2,(H,21,22,24). The van der Waals surface area contributed by atoms with Gasteiger partial charge in [0.15, 0.2) is 5.13 Å². The Morgan fingerprint density at radius 1 is 1.23 bits per heavy atom. The Morgan fingerprint density at radius 2 is 2.12 bits per heavy atom. The topological polar surface area (TPSA) is 54.5 Å². The zero-order chi connectivity index (χ0) is 17.9. The minimum Gasteiger partial charge on any atom is -0.445 e. The number of fused-ring (bicyclic) bond motifs is 1. The molecular formula is C19H16ClN3O2S. The van der Waals surface area contributed by atoms with Crippen molar-refractivity contribution in [2.45, 2.75) is 12.8 Å². The van der Waals surface area contributed by atoms with Gasteiger partial charge >= 0.3 is 6.03 Å². The molecule has 0 fully saturated rings. The number of rotatable bonds is 3. The van der Waals surface area contributed by atoms with Crippen molar-refractivity contribution in [2.75, 3.05) is 16.8 Å². The van der Waals surface area contributed by atoms with Crippen LogP contribution < -0.4 is 15.0 Å². The molecule has 7 heteroatoms. The lowest BCUT2D eigenvalue weighted by atomic mass is 10.0. The lowest BCUT2D eigenvalue weighted by Crippen LogP contribution is -2.38.